The highest BCUT2D eigenvalue weighted by molar-refractivity contribution is 7.12. The lowest BCUT2D eigenvalue weighted by molar-refractivity contribution is -0.145. The molecule has 20 heavy (non-hydrogen) atoms. The molecule has 0 aliphatic rings. The van der Waals surface area contributed by atoms with Gasteiger partial charge in [-0.15, -0.1) is 11.3 Å². The van der Waals surface area contributed by atoms with Crippen molar-refractivity contribution in [1.82, 2.24) is 4.90 Å². The van der Waals surface area contributed by atoms with Crippen LogP contribution in [0.2, 0.25) is 0 Å². The van der Waals surface area contributed by atoms with Crippen LogP contribution in [0.1, 0.15) is 42.0 Å². The second-order valence-corrected chi connectivity index (χ2v) is 6.76. The zero-order chi connectivity index (χ0) is 15.3. The molecule has 0 atom stereocenters. The predicted octanol–water partition coefficient (Wildman–Crippen LogP) is 3.01. The fraction of sp³-hybridized carbons (Fsp3) is 0.600. The maximum atomic E-state index is 12.1. The van der Waals surface area contributed by atoms with Gasteiger partial charge in [0.2, 0.25) is 5.91 Å². The second-order valence-electron chi connectivity index (χ2n) is 5.30. The minimum Gasteiger partial charge on any atom is -0.480 e. The number of carboxylic acids is 1. The van der Waals surface area contributed by atoms with Crippen LogP contribution in [-0.2, 0) is 16.0 Å². The third kappa shape index (κ3) is 4.96. The molecule has 0 saturated heterocycles. The van der Waals surface area contributed by atoms with Crippen LogP contribution in [0.3, 0.4) is 0 Å². The average molecular weight is 297 g/mol. The Balaban J connectivity index is 2.49. The van der Waals surface area contributed by atoms with Gasteiger partial charge >= 0.3 is 5.97 Å². The molecule has 1 heterocycles. The summed E-state index contributed by atoms with van der Waals surface area (Å²) < 4.78 is 0. The van der Waals surface area contributed by atoms with Crippen molar-refractivity contribution in [3.05, 3.63) is 21.4 Å². The Morgan fingerprint density at radius 2 is 2.00 bits per heavy atom. The Kier molecular flexibility index (Phi) is 6.20. The van der Waals surface area contributed by atoms with E-state index in [1.54, 1.807) is 11.3 Å². The van der Waals surface area contributed by atoms with Gasteiger partial charge in [-0.1, -0.05) is 0 Å². The summed E-state index contributed by atoms with van der Waals surface area (Å²) in [5.74, 6) is -1.04. The van der Waals surface area contributed by atoms with Gasteiger partial charge in [-0.25, -0.2) is 0 Å². The van der Waals surface area contributed by atoms with Crippen LogP contribution in [0.5, 0.6) is 0 Å². The second kappa shape index (κ2) is 7.43. The van der Waals surface area contributed by atoms with Crippen LogP contribution < -0.4 is 0 Å². The van der Waals surface area contributed by atoms with Gasteiger partial charge in [0.15, 0.2) is 0 Å². The molecule has 0 aromatic carbocycles. The van der Waals surface area contributed by atoms with E-state index in [0.717, 1.165) is 12.8 Å². The minimum absolute atomic E-state index is 0.0768. The highest BCUT2D eigenvalue weighted by Crippen LogP contribution is 2.22. The monoisotopic (exact) mass is 297 g/mol. The van der Waals surface area contributed by atoms with Crippen LogP contribution in [0.15, 0.2) is 6.07 Å². The molecule has 0 aliphatic heterocycles. The molecule has 0 spiro atoms. The molecule has 0 radical (unpaired) electrons. The molecule has 0 saturated carbocycles. The molecule has 112 valence electrons. The number of hydrogen-bond donors (Lipinski definition) is 1. The van der Waals surface area contributed by atoms with Crippen LogP contribution in [0, 0.1) is 13.8 Å². The largest absolute Gasteiger partial charge is 0.480 e. The number of hydrogen-bond acceptors (Lipinski definition) is 3. The van der Waals surface area contributed by atoms with Crippen LogP contribution >= 0.6 is 11.3 Å². The number of aliphatic carboxylic acids is 1. The molecule has 0 unspecified atom stereocenters. The van der Waals surface area contributed by atoms with E-state index in [4.69, 9.17) is 5.11 Å². The summed E-state index contributed by atoms with van der Waals surface area (Å²) in [6.45, 7) is 7.65. The number of nitrogens with zero attached hydrogens (tertiary/aromatic N) is 1. The van der Waals surface area contributed by atoms with Crippen molar-refractivity contribution in [1.29, 1.82) is 0 Å². The summed E-state index contributed by atoms with van der Waals surface area (Å²) in [5.41, 5.74) is 1.30. The normalized spacial score (nSPS) is 10.8. The fourth-order valence-corrected chi connectivity index (χ4v) is 3.19. The number of carboxylic acid groups (broad SMARTS) is 1. The Morgan fingerprint density at radius 3 is 2.45 bits per heavy atom. The molecular formula is C15H23NO3S. The average Bonchev–Trinajstić information content (AvgIpc) is 2.64. The molecule has 0 bridgehead atoms. The van der Waals surface area contributed by atoms with Crippen LogP contribution in [0.25, 0.3) is 0 Å². The van der Waals surface area contributed by atoms with Crippen molar-refractivity contribution in [2.75, 3.05) is 6.54 Å². The van der Waals surface area contributed by atoms with Crippen molar-refractivity contribution in [3.63, 3.8) is 0 Å². The standard InChI is InChI=1S/C15H23NO3S/c1-10(2)16(9-15(18)19)14(17)7-5-6-13-8-11(3)20-12(13)4/h8,10H,5-7,9H2,1-4H3,(H,18,19). The van der Waals surface area contributed by atoms with Crippen molar-refractivity contribution < 1.29 is 14.7 Å². The number of carbonyl (C=O) groups is 2. The van der Waals surface area contributed by atoms with E-state index in [2.05, 4.69) is 19.9 Å². The Hall–Kier alpha value is -1.36. The minimum atomic E-state index is -0.962. The van der Waals surface area contributed by atoms with E-state index < -0.39 is 5.97 Å². The Morgan fingerprint density at radius 1 is 1.35 bits per heavy atom. The van der Waals surface area contributed by atoms with Gasteiger partial charge in [-0.3, -0.25) is 9.59 Å². The molecule has 1 amide bonds. The van der Waals surface area contributed by atoms with Crippen LogP contribution in [-0.4, -0.2) is 34.5 Å². The first-order chi connectivity index (χ1) is 9.31. The zero-order valence-corrected chi connectivity index (χ0v) is 13.4. The van der Waals surface area contributed by atoms with E-state index in [1.807, 2.05) is 13.8 Å². The summed E-state index contributed by atoms with van der Waals surface area (Å²) in [5, 5.41) is 8.83. The molecule has 4 nitrogen and oxygen atoms in total. The molecule has 1 aromatic rings. The molecule has 0 aliphatic carbocycles. The van der Waals surface area contributed by atoms with E-state index in [9.17, 15) is 9.59 Å². The maximum absolute atomic E-state index is 12.1. The smallest absolute Gasteiger partial charge is 0.323 e. The lowest BCUT2D eigenvalue weighted by Gasteiger charge is -2.24. The van der Waals surface area contributed by atoms with Gasteiger partial charge in [-0.05, 0) is 52.2 Å². The SMILES string of the molecule is Cc1cc(CCCC(=O)N(CC(=O)O)C(C)C)c(C)s1. The molecule has 1 N–H and O–H groups in total. The van der Waals surface area contributed by atoms with Crippen LogP contribution in [0.4, 0.5) is 0 Å². The molecule has 0 fully saturated rings. The summed E-state index contributed by atoms with van der Waals surface area (Å²) in [6, 6.07) is 2.09. The molecular weight excluding hydrogens is 274 g/mol. The van der Waals surface area contributed by atoms with Gasteiger partial charge < -0.3 is 10.0 Å². The summed E-state index contributed by atoms with van der Waals surface area (Å²) in [7, 11) is 0. The van der Waals surface area contributed by atoms with E-state index >= 15 is 0 Å². The molecule has 5 heteroatoms. The number of amides is 1. The number of thiophene rings is 1. The lowest BCUT2D eigenvalue weighted by Crippen LogP contribution is -2.40. The van der Waals surface area contributed by atoms with Crippen molar-refractivity contribution >= 4 is 23.2 Å². The van der Waals surface area contributed by atoms with Gasteiger partial charge in [0, 0.05) is 22.2 Å². The first kappa shape index (κ1) is 16.7. The fourth-order valence-electron chi connectivity index (χ4n) is 2.21. The number of aryl methyl sites for hydroxylation is 3. The van der Waals surface area contributed by atoms with Gasteiger partial charge in [0.25, 0.3) is 0 Å². The maximum Gasteiger partial charge on any atom is 0.323 e. The van der Waals surface area contributed by atoms with Crippen molar-refractivity contribution in [2.24, 2.45) is 0 Å². The van der Waals surface area contributed by atoms with Gasteiger partial charge in [-0.2, -0.15) is 0 Å². The third-order valence-electron chi connectivity index (χ3n) is 3.23. The first-order valence-electron chi connectivity index (χ1n) is 6.88. The van der Waals surface area contributed by atoms with E-state index in [1.165, 1.54) is 20.2 Å². The molecule has 1 aromatic heterocycles. The number of carbonyl (C=O) groups excluding carboxylic acids is 1. The summed E-state index contributed by atoms with van der Waals surface area (Å²) in [6.07, 6.45) is 2.04. The molecule has 1 rings (SSSR count). The topological polar surface area (TPSA) is 57.6 Å². The Bertz CT molecular complexity index is 479. The first-order valence-corrected chi connectivity index (χ1v) is 7.70. The lowest BCUT2D eigenvalue weighted by atomic mass is 10.1. The highest BCUT2D eigenvalue weighted by atomic mass is 32.1. The summed E-state index contributed by atoms with van der Waals surface area (Å²) in [4.78, 5) is 26.9. The van der Waals surface area contributed by atoms with Gasteiger partial charge in [0.05, 0.1) is 0 Å². The predicted molar refractivity (Wildman–Crippen MR) is 81.2 cm³/mol. The third-order valence-corrected chi connectivity index (χ3v) is 4.24. The van der Waals surface area contributed by atoms with E-state index in [0.29, 0.717) is 6.42 Å². The van der Waals surface area contributed by atoms with Crippen molar-refractivity contribution in [2.45, 2.75) is 53.0 Å². The number of rotatable bonds is 7. The van der Waals surface area contributed by atoms with Crippen molar-refractivity contribution in [3.8, 4) is 0 Å². The highest BCUT2D eigenvalue weighted by Gasteiger charge is 2.19. The van der Waals surface area contributed by atoms with Gasteiger partial charge in [0.1, 0.15) is 6.54 Å². The zero-order valence-electron chi connectivity index (χ0n) is 12.6. The summed E-state index contributed by atoms with van der Waals surface area (Å²) >= 11 is 1.77. The quantitative estimate of drug-likeness (QED) is 0.841. The Labute approximate surface area is 124 Å². The van der Waals surface area contributed by atoms with E-state index in [-0.39, 0.29) is 18.5 Å².